The normalized spacial score (nSPS) is 22.9. The molecule has 1 unspecified atom stereocenters. The zero-order chi connectivity index (χ0) is 12.5. The first-order valence-electron chi connectivity index (χ1n) is 6.88. The molecule has 1 saturated heterocycles. The molecule has 1 aromatic rings. The van der Waals surface area contributed by atoms with E-state index < -0.39 is 0 Å². The van der Waals surface area contributed by atoms with Gasteiger partial charge < -0.3 is 10.2 Å². The molecule has 1 atom stereocenters. The van der Waals surface area contributed by atoms with Gasteiger partial charge in [-0.05, 0) is 49.4 Å². The van der Waals surface area contributed by atoms with Gasteiger partial charge in [0.25, 0.3) is 5.91 Å². The van der Waals surface area contributed by atoms with Crippen LogP contribution in [0.2, 0.25) is 0 Å². The molecule has 18 heavy (non-hydrogen) atoms. The van der Waals surface area contributed by atoms with Crippen molar-refractivity contribution in [1.82, 2.24) is 10.2 Å². The van der Waals surface area contributed by atoms with Crippen LogP contribution in [-0.2, 0) is 12.8 Å². The number of benzene rings is 1. The van der Waals surface area contributed by atoms with Crippen LogP contribution in [0.1, 0.15) is 34.8 Å². The van der Waals surface area contributed by atoms with E-state index in [1.165, 1.54) is 24.0 Å². The van der Waals surface area contributed by atoms with Crippen molar-refractivity contribution in [2.45, 2.75) is 32.2 Å². The molecular formula is C15H20N2O. The van der Waals surface area contributed by atoms with Gasteiger partial charge in [0.2, 0.25) is 0 Å². The van der Waals surface area contributed by atoms with E-state index in [9.17, 15) is 4.79 Å². The number of rotatable bonds is 1. The lowest BCUT2D eigenvalue weighted by Crippen LogP contribution is -2.51. The van der Waals surface area contributed by atoms with E-state index in [0.717, 1.165) is 31.6 Å². The number of nitrogens with one attached hydrogen (secondary N) is 1. The molecule has 1 amide bonds. The van der Waals surface area contributed by atoms with Crippen LogP contribution in [0.15, 0.2) is 18.2 Å². The van der Waals surface area contributed by atoms with E-state index in [0.29, 0.717) is 6.04 Å². The molecule has 0 spiro atoms. The second kappa shape index (κ2) is 4.73. The molecule has 0 bridgehead atoms. The second-order valence-electron chi connectivity index (χ2n) is 5.44. The number of hydrogen-bond acceptors (Lipinski definition) is 2. The van der Waals surface area contributed by atoms with Crippen molar-refractivity contribution >= 4 is 5.91 Å². The first-order valence-corrected chi connectivity index (χ1v) is 6.88. The Labute approximate surface area is 108 Å². The predicted octanol–water partition coefficient (Wildman–Crippen LogP) is 1.61. The van der Waals surface area contributed by atoms with Crippen molar-refractivity contribution in [3.8, 4) is 0 Å². The van der Waals surface area contributed by atoms with Gasteiger partial charge in [-0.3, -0.25) is 4.79 Å². The van der Waals surface area contributed by atoms with Crippen molar-refractivity contribution < 1.29 is 4.79 Å². The predicted molar refractivity (Wildman–Crippen MR) is 71.8 cm³/mol. The third-order valence-corrected chi connectivity index (χ3v) is 4.00. The SMILES string of the molecule is CC1CN(C(=O)c2ccc3c(c2)CCC3)CCN1. The van der Waals surface area contributed by atoms with Crippen molar-refractivity contribution in [1.29, 1.82) is 0 Å². The van der Waals surface area contributed by atoms with Gasteiger partial charge in [0, 0.05) is 31.2 Å². The summed E-state index contributed by atoms with van der Waals surface area (Å²) < 4.78 is 0. The summed E-state index contributed by atoms with van der Waals surface area (Å²) in [7, 11) is 0. The summed E-state index contributed by atoms with van der Waals surface area (Å²) in [5.74, 6) is 0.193. The summed E-state index contributed by atoms with van der Waals surface area (Å²) in [5, 5.41) is 3.37. The van der Waals surface area contributed by atoms with Crippen LogP contribution >= 0.6 is 0 Å². The van der Waals surface area contributed by atoms with Crippen LogP contribution in [0.3, 0.4) is 0 Å². The van der Waals surface area contributed by atoms with Gasteiger partial charge in [-0.25, -0.2) is 0 Å². The highest BCUT2D eigenvalue weighted by Crippen LogP contribution is 2.23. The maximum Gasteiger partial charge on any atom is 0.253 e. The Morgan fingerprint density at radius 3 is 3.00 bits per heavy atom. The minimum atomic E-state index is 0.193. The summed E-state index contributed by atoms with van der Waals surface area (Å²) in [6, 6.07) is 6.65. The number of carbonyl (C=O) groups is 1. The van der Waals surface area contributed by atoms with Gasteiger partial charge in [0.15, 0.2) is 0 Å². The molecule has 1 aliphatic carbocycles. The second-order valence-corrected chi connectivity index (χ2v) is 5.44. The highest BCUT2D eigenvalue weighted by atomic mass is 16.2. The standard InChI is InChI=1S/C15H20N2O/c1-11-10-17(8-7-16-11)15(18)14-6-5-12-3-2-4-13(12)9-14/h5-6,9,11,16H,2-4,7-8,10H2,1H3. The average Bonchev–Trinajstić information content (AvgIpc) is 2.85. The van der Waals surface area contributed by atoms with Crippen molar-refractivity contribution in [2.75, 3.05) is 19.6 Å². The Morgan fingerprint density at radius 2 is 2.17 bits per heavy atom. The lowest BCUT2D eigenvalue weighted by molar-refractivity contribution is 0.0709. The van der Waals surface area contributed by atoms with Crippen LogP contribution < -0.4 is 5.32 Å². The Kier molecular flexibility index (Phi) is 3.08. The van der Waals surface area contributed by atoms with E-state index in [1.54, 1.807) is 0 Å². The number of aryl methyl sites for hydroxylation is 2. The van der Waals surface area contributed by atoms with Crippen molar-refractivity contribution in [3.63, 3.8) is 0 Å². The van der Waals surface area contributed by atoms with Gasteiger partial charge in [-0.2, -0.15) is 0 Å². The van der Waals surface area contributed by atoms with E-state index in [2.05, 4.69) is 24.4 Å². The molecule has 0 aromatic heterocycles. The van der Waals surface area contributed by atoms with E-state index in [1.807, 2.05) is 11.0 Å². The largest absolute Gasteiger partial charge is 0.336 e. The fourth-order valence-electron chi connectivity index (χ4n) is 3.00. The minimum absolute atomic E-state index is 0.193. The van der Waals surface area contributed by atoms with Gasteiger partial charge in [0.05, 0.1) is 0 Å². The Morgan fingerprint density at radius 1 is 1.33 bits per heavy atom. The topological polar surface area (TPSA) is 32.3 Å². The number of nitrogens with zero attached hydrogens (tertiary/aromatic N) is 1. The monoisotopic (exact) mass is 244 g/mol. The maximum absolute atomic E-state index is 12.4. The van der Waals surface area contributed by atoms with Gasteiger partial charge >= 0.3 is 0 Å². The molecule has 1 fully saturated rings. The van der Waals surface area contributed by atoms with Crippen LogP contribution in [0, 0.1) is 0 Å². The molecule has 1 aliphatic heterocycles. The van der Waals surface area contributed by atoms with E-state index in [4.69, 9.17) is 0 Å². The number of fused-ring (bicyclic) bond motifs is 1. The molecule has 3 rings (SSSR count). The highest BCUT2D eigenvalue weighted by Gasteiger charge is 2.22. The molecule has 0 radical (unpaired) electrons. The Balaban J connectivity index is 1.79. The number of amides is 1. The van der Waals surface area contributed by atoms with Gasteiger partial charge in [-0.1, -0.05) is 6.07 Å². The molecule has 3 heteroatoms. The Bertz CT molecular complexity index is 470. The number of piperazine rings is 1. The van der Waals surface area contributed by atoms with Crippen LogP contribution in [-0.4, -0.2) is 36.5 Å². The maximum atomic E-state index is 12.4. The van der Waals surface area contributed by atoms with Gasteiger partial charge in [0.1, 0.15) is 0 Å². The first-order chi connectivity index (χ1) is 8.74. The third-order valence-electron chi connectivity index (χ3n) is 4.00. The molecular weight excluding hydrogens is 224 g/mol. The fourth-order valence-corrected chi connectivity index (χ4v) is 3.00. The summed E-state index contributed by atoms with van der Waals surface area (Å²) in [6.45, 7) is 4.66. The summed E-state index contributed by atoms with van der Waals surface area (Å²) in [5.41, 5.74) is 3.68. The fraction of sp³-hybridized carbons (Fsp3) is 0.533. The van der Waals surface area contributed by atoms with Gasteiger partial charge in [-0.15, -0.1) is 0 Å². The third kappa shape index (κ3) is 2.15. The lowest BCUT2D eigenvalue weighted by atomic mass is 10.0. The number of hydrogen-bond donors (Lipinski definition) is 1. The van der Waals surface area contributed by atoms with Crippen molar-refractivity contribution in [3.05, 3.63) is 34.9 Å². The first kappa shape index (κ1) is 11.7. The van der Waals surface area contributed by atoms with Crippen LogP contribution in [0.25, 0.3) is 0 Å². The van der Waals surface area contributed by atoms with Crippen LogP contribution in [0.4, 0.5) is 0 Å². The smallest absolute Gasteiger partial charge is 0.253 e. The molecule has 0 saturated carbocycles. The van der Waals surface area contributed by atoms with Crippen molar-refractivity contribution in [2.24, 2.45) is 0 Å². The molecule has 3 nitrogen and oxygen atoms in total. The molecule has 2 aliphatic rings. The molecule has 96 valence electrons. The molecule has 1 heterocycles. The zero-order valence-electron chi connectivity index (χ0n) is 10.9. The minimum Gasteiger partial charge on any atom is -0.336 e. The number of carbonyl (C=O) groups excluding carboxylic acids is 1. The lowest BCUT2D eigenvalue weighted by Gasteiger charge is -2.32. The Hall–Kier alpha value is -1.35. The van der Waals surface area contributed by atoms with E-state index >= 15 is 0 Å². The summed E-state index contributed by atoms with van der Waals surface area (Å²) in [4.78, 5) is 14.4. The quantitative estimate of drug-likeness (QED) is 0.814. The van der Waals surface area contributed by atoms with Crippen LogP contribution in [0.5, 0.6) is 0 Å². The summed E-state index contributed by atoms with van der Waals surface area (Å²) in [6.07, 6.45) is 3.54. The van der Waals surface area contributed by atoms with E-state index in [-0.39, 0.29) is 5.91 Å². The highest BCUT2D eigenvalue weighted by molar-refractivity contribution is 5.94. The zero-order valence-corrected chi connectivity index (χ0v) is 10.9. The molecule has 1 aromatic carbocycles. The molecule has 1 N–H and O–H groups in total. The summed E-state index contributed by atoms with van der Waals surface area (Å²) >= 11 is 0. The average molecular weight is 244 g/mol.